The molecule has 1 aromatic carbocycles. The Morgan fingerprint density at radius 2 is 1.75 bits per heavy atom. The molecular formula is C10H15NS. The number of aryl methyl sites for hydroxylation is 1. The van der Waals surface area contributed by atoms with E-state index in [4.69, 9.17) is 0 Å². The molecule has 2 heteroatoms. The van der Waals surface area contributed by atoms with Gasteiger partial charge in [-0.2, -0.15) is 12.6 Å². The van der Waals surface area contributed by atoms with Crippen LogP contribution in [0.2, 0.25) is 0 Å². The molecule has 0 unspecified atom stereocenters. The summed E-state index contributed by atoms with van der Waals surface area (Å²) in [4.78, 5) is 2.10. The van der Waals surface area contributed by atoms with E-state index in [9.17, 15) is 0 Å². The van der Waals surface area contributed by atoms with Gasteiger partial charge in [0.2, 0.25) is 0 Å². The Kier molecular flexibility index (Phi) is 3.48. The fourth-order valence-electron chi connectivity index (χ4n) is 1.09. The average molecular weight is 181 g/mol. The molecule has 0 aromatic heterocycles. The number of anilines is 1. The second-order valence-electron chi connectivity index (χ2n) is 3.03. The first kappa shape index (κ1) is 9.46. The van der Waals surface area contributed by atoms with Crippen molar-refractivity contribution in [3.05, 3.63) is 29.8 Å². The summed E-state index contributed by atoms with van der Waals surface area (Å²) < 4.78 is 0. The Hall–Kier alpha value is -0.630. The van der Waals surface area contributed by atoms with E-state index in [-0.39, 0.29) is 0 Å². The first-order valence-corrected chi connectivity index (χ1v) is 4.74. The van der Waals surface area contributed by atoms with Crippen LogP contribution in [0.5, 0.6) is 0 Å². The molecule has 1 aromatic rings. The van der Waals surface area contributed by atoms with Gasteiger partial charge in [-0.1, -0.05) is 12.1 Å². The fraction of sp³-hybridized carbons (Fsp3) is 0.400. The minimum atomic E-state index is 0.918. The molecule has 0 radical (unpaired) electrons. The Morgan fingerprint density at radius 3 is 2.17 bits per heavy atom. The number of hydrogen-bond donors (Lipinski definition) is 1. The van der Waals surface area contributed by atoms with Crippen molar-refractivity contribution >= 4 is 18.3 Å². The molecule has 0 fully saturated rings. The van der Waals surface area contributed by atoms with Gasteiger partial charge < -0.3 is 4.90 Å². The summed E-state index contributed by atoms with van der Waals surface area (Å²) in [6.45, 7) is 0. The van der Waals surface area contributed by atoms with Crippen LogP contribution >= 0.6 is 12.6 Å². The van der Waals surface area contributed by atoms with E-state index in [1.807, 2.05) is 14.1 Å². The van der Waals surface area contributed by atoms with E-state index < -0.39 is 0 Å². The van der Waals surface area contributed by atoms with Gasteiger partial charge in [0, 0.05) is 19.8 Å². The first-order valence-electron chi connectivity index (χ1n) is 4.11. The van der Waals surface area contributed by atoms with Crippen molar-refractivity contribution in [2.24, 2.45) is 0 Å². The highest BCUT2D eigenvalue weighted by atomic mass is 32.1. The Morgan fingerprint density at radius 1 is 1.17 bits per heavy atom. The number of thiol groups is 1. The van der Waals surface area contributed by atoms with Crippen LogP contribution in [-0.2, 0) is 6.42 Å². The molecule has 1 nitrogen and oxygen atoms in total. The van der Waals surface area contributed by atoms with Crippen LogP contribution in [-0.4, -0.2) is 19.8 Å². The summed E-state index contributed by atoms with van der Waals surface area (Å²) in [5.74, 6) is 0.918. The van der Waals surface area contributed by atoms with Crippen LogP contribution in [0.3, 0.4) is 0 Å². The summed E-state index contributed by atoms with van der Waals surface area (Å²) in [6.07, 6.45) is 1.05. The van der Waals surface area contributed by atoms with Crippen LogP contribution in [0.1, 0.15) is 5.56 Å². The summed E-state index contributed by atoms with van der Waals surface area (Å²) in [5, 5.41) is 0. The van der Waals surface area contributed by atoms with Crippen LogP contribution in [0.25, 0.3) is 0 Å². The van der Waals surface area contributed by atoms with Crippen molar-refractivity contribution in [3.63, 3.8) is 0 Å². The van der Waals surface area contributed by atoms with Crippen molar-refractivity contribution in [3.8, 4) is 0 Å². The monoisotopic (exact) mass is 181 g/mol. The minimum absolute atomic E-state index is 0.918. The third-order valence-electron chi connectivity index (χ3n) is 1.85. The van der Waals surface area contributed by atoms with Crippen molar-refractivity contribution in [1.82, 2.24) is 0 Å². The normalized spacial score (nSPS) is 9.92. The van der Waals surface area contributed by atoms with Crippen LogP contribution in [0.15, 0.2) is 24.3 Å². The number of benzene rings is 1. The van der Waals surface area contributed by atoms with Gasteiger partial charge in [-0.3, -0.25) is 0 Å². The second-order valence-corrected chi connectivity index (χ2v) is 3.48. The van der Waals surface area contributed by atoms with E-state index in [1.165, 1.54) is 11.3 Å². The molecule has 66 valence electrons. The molecule has 0 spiro atoms. The summed E-state index contributed by atoms with van der Waals surface area (Å²) in [7, 11) is 4.10. The van der Waals surface area contributed by atoms with Gasteiger partial charge in [0.25, 0.3) is 0 Å². The van der Waals surface area contributed by atoms with Gasteiger partial charge in [-0.05, 0) is 29.9 Å². The molecule has 0 saturated carbocycles. The predicted octanol–water partition coefficient (Wildman–Crippen LogP) is 2.22. The highest BCUT2D eigenvalue weighted by Gasteiger charge is 1.94. The van der Waals surface area contributed by atoms with Gasteiger partial charge in [-0.15, -0.1) is 0 Å². The van der Waals surface area contributed by atoms with Gasteiger partial charge >= 0.3 is 0 Å². The minimum Gasteiger partial charge on any atom is -0.378 e. The lowest BCUT2D eigenvalue weighted by atomic mass is 10.1. The van der Waals surface area contributed by atoms with Crippen molar-refractivity contribution < 1.29 is 0 Å². The Balaban J connectivity index is 2.71. The SMILES string of the molecule is CN(C)c1ccc(CCS)cc1. The molecule has 0 saturated heterocycles. The van der Waals surface area contributed by atoms with Crippen molar-refractivity contribution in [2.75, 3.05) is 24.7 Å². The first-order chi connectivity index (χ1) is 5.74. The number of nitrogens with zero attached hydrogens (tertiary/aromatic N) is 1. The molecule has 0 amide bonds. The van der Waals surface area contributed by atoms with Crippen molar-refractivity contribution in [1.29, 1.82) is 0 Å². The van der Waals surface area contributed by atoms with E-state index in [0.29, 0.717) is 0 Å². The molecule has 0 aliphatic rings. The quantitative estimate of drug-likeness (QED) is 0.700. The topological polar surface area (TPSA) is 3.24 Å². The Bertz CT molecular complexity index is 228. The summed E-state index contributed by atoms with van der Waals surface area (Å²) >= 11 is 4.19. The third-order valence-corrected chi connectivity index (χ3v) is 2.08. The average Bonchev–Trinajstić information content (AvgIpc) is 2.06. The lowest BCUT2D eigenvalue weighted by Crippen LogP contribution is -2.08. The number of hydrogen-bond acceptors (Lipinski definition) is 2. The predicted molar refractivity (Wildman–Crippen MR) is 58.3 cm³/mol. The van der Waals surface area contributed by atoms with Crippen LogP contribution < -0.4 is 4.90 Å². The maximum atomic E-state index is 4.19. The molecular weight excluding hydrogens is 166 g/mol. The second kappa shape index (κ2) is 4.41. The van der Waals surface area contributed by atoms with Crippen LogP contribution in [0, 0.1) is 0 Å². The lowest BCUT2D eigenvalue weighted by molar-refractivity contribution is 1.11. The van der Waals surface area contributed by atoms with E-state index >= 15 is 0 Å². The van der Waals surface area contributed by atoms with E-state index in [0.717, 1.165) is 12.2 Å². The molecule has 0 N–H and O–H groups in total. The highest BCUT2D eigenvalue weighted by molar-refractivity contribution is 7.80. The van der Waals surface area contributed by atoms with Gasteiger partial charge in [0.15, 0.2) is 0 Å². The zero-order chi connectivity index (χ0) is 8.97. The Labute approximate surface area is 79.8 Å². The zero-order valence-corrected chi connectivity index (χ0v) is 8.51. The van der Waals surface area contributed by atoms with E-state index in [2.05, 4.69) is 41.8 Å². The maximum Gasteiger partial charge on any atom is 0.0361 e. The molecule has 0 heterocycles. The zero-order valence-electron chi connectivity index (χ0n) is 7.62. The van der Waals surface area contributed by atoms with Gasteiger partial charge in [0.1, 0.15) is 0 Å². The lowest BCUT2D eigenvalue weighted by Gasteiger charge is -2.12. The summed E-state index contributed by atoms with van der Waals surface area (Å²) in [5.41, 5.74) is 2.61. The third kappa shape index (κ3) is 2.45. The van der Waals surface area contributed by atoms with E-state index in [1.54, 1.807) is 0 Å². The van der Waals surface area contributed by atoms with Gasteiger partial charge in [0.05, 0.1) is 0 Å². The molecule has 0 bridgehead atoms. The molecule has 0 aliphatic carbocycles. The van der Waals surface area contributed by atoms with Crippen LogP contribution in [0.4, 0.5) is 5.69 Å². The fourth-order valence-corrected chi connectivity index (χ4v) is 1.35. The molecule has 1 rings (SSSR count). The van der Waals surface area contributed by atoms with Crippen molar-refractivity contribution in [2.45, 2.75) is 6.42 Å². The maximum absolute atomic E-state index is 4.19. The molecule has 0 atom stereocenters. The molecule has 0 aliphatic heterocycles. The largest absolute Gasteiger partial charge is 0.378 e. The van der Waals surface area contributed by atoms with Gasteiger partial charge in [-0.25, -0.2) is 0 Å². The highest BCUT2D eigenvalue weighted by Crippen LogP contribution is 2.12. The summed E-state index contributed by atoms with van der Waals surface area (Å²) in [6, 6.07) is 8.59. The number of rotatable bonds is 3. The smallest absolute Gasteiger partial charge is 0.0361 e. The standard InChI is InChI=1S/C10H15NS/c1-11(2)10-5-3-9(4-6-10)7-8-12/h3-6,12H,7-8H2,1-2H3. The molecule has 12 heavy (non-hydrogen) atoms.